The maximum Gasteiger partial charge on any atom is 0.315 e. The van der Waals surface area contributed by atoms with E-state index in [-0.39, 0.29) is 24.0 Å². The number of rotatable bonds is 4. The summed E-state index contributed by atoms with van der Waals surface area (Å²) < 4.78 is 0. The van der Waals surface area contributed by atoms with Crippen molar-refractivity contribution in [2.24, 2.45) is 17.8 Å². The van der Waals surface area contributed by atoms with E-state index in [0.29, 0.717) is 24.7 Å². The van der Waals surface area contributed by atoms with Gasteiger partial charge in [-0.05, 0) is 43.9 Å². The van der Waals surface area contributed by atoms with Gasteiger partial charge in [0.05, 0.1) is 5.92 Å². The number of nitrogens with one attached hydrogen (secondary N) is 2. The Kier molecular flexibility index (Phi) is 5.48. The third-order valence-electron chi connectivity index (χ3n) is 5.11. The van der Waals surface area contributed by atoms with Crippen molar-refractivity contribution >= 4 is 12.0 Å². The van der Waals surface area contributed by atoms with Gasteiger partial charge in [-0.25, -0.2) is 4.79 Å². The molecule has 2 saturated carbocycles. The number of carbonyl (C=O) groups is 2. The maximum atomic E-state index is 12.1. The van der Waals surface area contributed by atoms with Crippen molar-refractivity contribution in [2.75, 3.05) is 0 Å². The van der Waals surface area contributed by atoms with E-state index < -0.39 is 5.97 Å². The Labute approximate surface area is 126 Å². The molecule has 5 heteroatoms. The highest BCUT2D eigenvalue weighted by Crippen LogP contribution is 2.30. The van der Waals surface area contributed by atoms with Crippen molar-refractivity contribution in [1.29, 1.82) is 0 Å². The molecule has 5 nitrogen and oxygen atoms in total. The fraction of sp³-hybridized carbons (Fsp3) is 0.875. The van der Waals surface area contributed by atoms with Crippen molar-refractivity contribution < 1.29 is 14.7 Å². The molecule has 2 aliphatic rings. The van der Waals surface area contributed by atoms with Crippen LogP contribution in [0.3, 0.4) is 0 Å². The number of carbonyl (C=O) groups excluding carboxylic acids is 1. The molecule has 2 aliphatic carbocycles. The first-order valence-electron chi connectivity index (χ1n) is 8.27. The first kappa shape index (κ1) is 16.1. The third-order valence-corrected chi connectivity index (χ3v) is 5.11. The molecule has 21 heavy (non-hydrogen) atoms. The minimum absolute atomic E-state index is 0.00666. The van der Waals surface area contributed by atoms with Gasteiger partial charge >= 0.3 is 12.0 Å². The topological polar surface area (TPSA) is 78.4 Å². The maximum absolute atomic E-state index is 12.1. The summed E-state index contributed by atoms with van der Waals surface area (Å²) in [6, 6.07) is 0.145. The summed E-state index contributed by atoms with van der Waals surface area (Å²) in [4.78, 5) is 23.1. The quantitative estimate of drug-likeness (QED) is 0.746. The minimum atomic E-state index is -0.744. The first-order valence-corrected chi connectivity index (χ1v) is 8.27. The lowest BCUT2D eigenvalue weighted by molar-refractivity contribution is -0.141. The van der Waals surface area contributed by atoms with E-state index in [0.717, 1.165) is 12.8 Å². The van der Waals surface area contributed by atoms with Gasteiger partial charge in [0.1, 0.15) is 0 Å². The third kappa shape index (κ3) is 4.35. The fourth-order valence-electron chi connectivity index (χ4n) is 3.87. The van der Waals surface area contributed by atoms with Gasteiger partial charge in [-0.15, -0.1) is 0 Å². The molecule has 0 aromatic rings. The second-order valence-electron chi connectivity index (χ2n) is 6.96. The fourth-order valence-corrected chi connectivity index (χ4v) is 3.87. The highest BCUT2D eigenvalue weighted by Gasteiger charge is 2.32. The molecule has 0 aromatic carbocycles. The number of urea groups is 1. The molecule has 2 rings (SSSR count). The van der Waals surface area contributed by atoms with Gasteiger partial charge in [-0.1, -0.05) is 26.7 Å². The molecular formula is C16H28N2O3. The van der Waals surface area contributed by atoms with Gasteiger partial charge in [-0.2, -0.15) is 0 Å². The van der Waals surface area contributed by atoms with E-state index in [1.165, 1.54) is 19.3 Å². The van der Waals surface area contributed by atoms with Crippen molar-refractivity contribution in [2.45, 2.75) is 70.9 Å². The minimum Gasteiger partial charge on any atom is -0.481 e. The van der Waals surface area contributed by atoms with Gasteiger partial charge in [0.25, 0.3) is 0 Å². The molecule has 0 heterocycles. The Balaban J connectivity index is 1.80. The number of amides is 2. The molecule has 0 bridgehead atoms. The molecular weight excluding hydrogens is 268 g/mol. The monoisotopic (exact) mass is 296 g/mol. The predicted molar refractivity (Wildman–Crippen MR) is 81.0 cm³/mol. The Morgan fingerprint density at radius 1 is 1.05 bits per heavy atom. The number of carboxylic acid groups (broad SMARTS) is 1. The van der Waals surface area contributed by atoms with Crippen LogP contribution in [0, 0.1) is 17.8 Å². The molecule has 0 saturated heterocycles. The van der Waals surface area contributed by atoms with Crippen molar-refractivity contribution in [1.82, 2.24) is 10.6 Å². The van der Waals surface area contributed by atoms with E-state index in [1.54, 1.807) is 0 Å². The molecule has 0 aliphatic heterocycles. The number of aliphatic carboxylic acids is 1. The zero-order valence-electron chi connectivity index (χ0n) is 13.1. The second-order valence-corrected chi connectivity index (χ2v) is 6.96. The van der Waals surface area contributed by atoms with Gasteiger partial charge in [0, 0.05) is 12.1 Å². The lowest BCUT2D eigenvalue weighted by Crippen LogP contribution is -2.50. The number of hydrogen-bond acceptors (Lipinski definition) is 2. The zero-order valence-corrected chi connectivity index (χ0v) is 13.1. The van der Waals surface area contributed by atoms with Gasteiger partial charge in [-0.3, -0.25) is 4.79 Å². The lowest BCUT2D eigenvalue weighted by Gasteiger charge is -2.35. The highest BCUT2D eigenvalue weighted by atomic mass is 16.4. The molecule has 120 valence electrons. The average molecular weight is 296 g/mol. The summed E-state index contributed by atoms with van der Waals surface area (Å²) in [5.74, 6) is 0.0959. The van der Waals surface area contributed by atoms with Crippen LogP contribution in [0.15, 0.2) is 0 Å². The average Bonchev–Trinajstić information content (AvgIpc) is 2.87. The van der Waals surface area contributed by atoms with Gasteiger partial charge in [0.2, 0.25) is 0 Å². The van der Waals surface area contributed by atoms with Gasteiger partial charge in [0.15, 0.2) is 0 Å². The molecule has 4 atom stereocenters. The van der Waals surface area contributed by atoms with Crippen LogP contribution < -0.4 is 10.6 Å². The van der Waals surface area contributed by atoms with Crippen LogP contribution in [-0.2, 0) is 4.79 Å². The standard InChI is InChI=1S/C16H28N2O3/c1-10(2)13-5-3-4-6-14(13)18-16(21)17-12-8-7-11(9-12)15(19)20/h10-14H,3-9H2,1-2H3,(H,19,20)(H2,17,18,21). The highest BCUT2D eigenvalue weighted by molar-refractivity contribution is 5.75. The van der Waals surface area contributed by atoms with Crippen LogP contribution >= 0.6 is 0 Å². The Hall–Kier alpha value is -1.26. The van der Waals surface area contributed by atoms with Crippen LogP contribution in [-0.4, -0.2) is 29.2 Å². The summed E-state index contributed by atoms with van der Waals surface area (Å²) in [5, 5.41) is 15.1. The van der Waals surface area contributed by atoms with E-state index in [4.69, 9.17) is 5.11 Å². The molecule has 3 N–H and O–H groups in total. The molecule has 0 spiro atoms. The molecule has 2 amide bonds. The van der Waals surface area contributed by atoms with Crippen molar-refractivity contribution in [3.05, 3.63) is 0 Å². The molecule has 4 unspecified atom stereocenters. The summed E-state index contributed by atoms with van der Waals surface area (Å²) in [7, 11) is 0. The van der Waals surface area contributed by atoms with Crippen LogP contribution in [0.4, 0.5) is 4.79 Å². The Morgan fingerprint density at radius 3 is 2.38 bits per heavy atom. The van der Waals surface area contributed by atoms with E-state index >= 15 is 0 Å². The number of hydrogen-bond donors (Lipinski definition) is 3. The van der Waals surface area contributed by atoms with Crippen LogP contribution in [0.25, 0.3) is 0 Å². The van der Waals surface area contributed by atoms with Crippen LogP contribution in [0.2, 0.25) is 0 Å². The molecule has 0 radical (unpaired) electrons. The largest absolute Gasteiger partial charge is 0.481 e. The molecule has 2 fully saturated rings. The van der Waals surface area contributed by atoms with Gasteiger partial charge < -0.3 is 15.7 Å². The molecule has 0 aromatic heterocycles. The lowest BCUT2D eigenvalue weighted by atomic mass is 9.78. The van der Waals surface area contributed by atoms with E-state index in [2.05, 4.69) is 24.5 Å². The van der Waals surface area contributed by atoms with Crippen molar-refractivity contribution in [3.8, 4) is 0 Å². The Bertz CT molecular complexity index is 384. The Morgan fingerprint density at radius 2 is 1.76 bits per heavy atom. The van der Waals surface area contributed by atoms with Crippen LogP contribution in [0.5, 0.6) is 0 Å². The van der Waals surface area contributed by atoms with E-state index in [9.17, 15) is 9.59 Å². The van der Waals surface area contributed by atoms with E-state index in [1.807, 2.05) is 0 Å². The first-order chi connectivity index (χ1) is 9.97. The summed E-state index contributed by atoms with van der Waals surface area (Å²) >= 11 is 0. The second kappa shape index (κ2) is 7.14. The summed E-state index contributed by atoms with van der Waals surface area (Å²) in [5.41, 5.74) is 0. The number of carboxylic acids is 1. The smallest absolute Gasteiger partial charge is 0.315 e. The normalized spacial score (nSPS) is 32.9. The van der Waals surface area contributed by atoms with Crippen molar-refractivity contribution in [3.63, 3.8) is 0 Å². The zero-order chi connectivity index (χ0) is 15.4. The predicted octanol–water partition coefficient (Wildman–Crippen LogP) is 2.75. The van der Waals surface area contributed by atoms with Crippen LogP contribution in [0.1, 0.15) is 58.8 Å². The summed E-state index contributed by atoms with van der Waals surface area (Å²) in [6.07, 6.45) is 6.66. The summed E-state index contributed by atoms with van der Waals surface area (Å²) in [6.45, 7) is 4.44. The SMILES string of the molecule is CC(C)C1CCCCC1NC(=O)NC1CCC(C(=O)O)C1.